The first-order valence-corrected chi connectivity index (χ1v) is 5.68. The van der Waals surface area contributed by atoms with E-state index in [4.69, 9.17) is 55.9 Å². The summed E-state index contributed by atoms with van der Waals surface area (Å²) in [5.41, 5.74) is 0.494. The van der Waals surface area contributed by atoms with Crippen LogP contribution in [0.2, 0.25) is 20.1 Å². The van der Waals surface area contributed by atoms with Crippen molar-refractivity contribution in [2.24, 2.45) is 0 Å². The first-order valence-electron chi connectivity index (χ1n) is 4.17. The van der Waals surface area contributed by atoms with Crippen LogP contribution in [0.5, 0.6) is 0 Å². The van der Waals surface area contributed by atoms with Crippen molar-refractivity contribution in [2.75, 3.05) is 13.2 Å². The summed E-state index contributed by atoms with van der Waals surface area (Å²) in [6.07, 6.45) is -0.582. The van der Waals surface area contributed by atoms with Crippen LogP contribution < -0.4 is 0 Å². The molecule has 0 aromatic heterocycles. The average Bonchev–Trinajstić information content (AvgIpc) is 2.69. The Morgan fingerprint density at radius 2 is 1.40 bits per heavy atom. The van der Waals surface area contributed by atoms with Crippen LogP contribution >= 0.6 is 46.4 Å². The lowest BCUT2D eigenvalue weighted by molar-refractivity contribution is -0.0439. The summed E-state index contributed by atoms with van der Waals surface area (Å²) in [6.45, 7) is 1.00. The molecule has 6 heteroatoms. The first kappa shape index (κ1) is 11.8. The summed E-state index contributed by atoms with van der Waals surface area (Å²) in [5.74, 6) is 0. The largest absolute Gasteiger partial charge is 0.346 e. The highest BCUT2D eigenvalue weighted by Gasteiger charge is 2.26. The van der Waals surface area contributed by atoms with Crippen LogP contribution in [0.1, 0.15) is 11.9 Å². The molecule has 2 rings (SSSR count). The minimum atomic E-state index is -0.582. The smallest absolute Gasteiger partial charge is 0.187 e. The van der Waals surface area contributed by atoms with Crippen molar-refractivity contribution in [3.05, 3.63) is 31.7 Å². The molecule has 0 unspecified atom stereocenters. The number of hydrogen-bond acceptors (Lipinski definition) is 2. The van der Waals surface area contributed by atoms with E-state index in [2.05, 4.69) is 0 Å². The highest BCUT2D eigenvalue weighted by molar-refractivity contribution is 6.48. The minimum Gasteiger partial charge on any atom is -0.346 e. The fourth-order valence-electron chi connectivity index (χ4n) is 1.32. The number of hydrogen-bond donors (Lipinski definition) is 0. The molecule has 1 aromatic carbocycles. The van der Waals surface area contributed by atoms with Gasteiger partial charge >= 0.3 is 0 Å². The van der Waals surface area contributed by atoms with Crippen LogP contribution in [0.25, 0.3) is 0 Å². The maximum atomic E-state index is 6.02. The van der Waals surface area contributed by atoms with Crippen LogP contribution in [-0.2, 0) is 9.47 Å². The van der Waals surface area contributed by atoms with Crippen LogP contribution in [0.4, 0.5) is 0 Å². The van der Waals surface area contributed by atoms with Gasteiger partial charge in [0.05, 0.1) is 33.3 Å². The monoisotopic (exact) mass is 286 g/mol. The number of rotatable bonds is 1. The summed E-state index contributed by atoms with van der Waals surface area (Å²) < 4.78 is 10.6. The van der Waals surface area contributed by atoms with Crippen LogP contribution in [0.15, 0.2) is 6.07 Å². The Bertz CT molecular complexity index is 362. The lowest BCUT2D eigenvalue weighted by atomic mass is 10.2. The molecule has 0 atom stereocenters. The third-order valence-electron chi connectivity index (χ3n) is 2.00. The zero-order valence-corrected chi connectivity index (χ0v) is 10.4. The van der Waals surface area contributed by atoms with Gasteiger partial charge in [0, 0.05) is 5.56 Å². The number of benzene rings is 1. The molecule has 1 aliphatic heterocycles. The highest BCUT2D eigenvalue weighted by atomic mass is 35.5. The number of halogens is 4. The Morgan fingerprint density at radius 1 is 0.933 bits per heavy atom. The fraction of sp³-hybridized carbons (Fsp3) is 0.333. The fourth-order valence-corrected chi connectivity index (χ4v) is 2.33. The van der Waals surface area contributed by atoms with Gasteiger partial charge in [-0.1, -0.05) is 46.4 Å². The van der Waals surface area contributed by atoms with Crippen molar-refractivity contribution in [3.8, 4) is 0 Å². The van der Waals surface area contributed by atoms with E-state index in [1.165, 1.54) is 6.07 Å². The van der Waals surface area contributed by atoms with Crippen LogP contribution in [-0.4, -0.2) is 13.2 Å². The number of ether oxygens (including phenoxy) is 2. The zero-order valence-electron chi connectivity index (χ0n) is 7.40. The molecule has 82 valence electrons. The van der Waals surface area contributed by atoms with Crippen molar-refractivity contribution in [1.82, 2.24) is 0 Å². The van der Waals surface area contributed by atoms with Gasteiger partial charge in [-0.2, -0.15) is 0 Å². The van der Waals surface area contributed by atoms with Gasteiger partial charge in [-0.05, 0) is 6.07 Å². The maximum absolute atomic E-state index is 6.02. The molecule has 0 spiro atoms. The van der Waals surface area contributed by atoms with Gasteiger partial charge < -0.3 is 9.47 Å². The maximum Gasteiger partial charge on any atom is 0.187 e. The second kappa shape index (κ2) is 4.66. The topological polar surface area (TPSA) is 18.5 Å². The minimum absolute atomic E-state index is 0.318. The van der Waals surface area contributed by atoms with Crippen LogP contribution in [0.3, 0.4) is 0 Å². The van der Waals surface area contributed by atoms with E-state index in [0.29, 0.717) is 38.9 Å². The SMILES string of the molecule is Clc1cc(Cl)c(Cl)c(C2OCCO2)c1Cl. The Balaban J connectivity index is 2.52. The molecular weight excluding hydrogens is 282 g/mol. The summed E-state index contributed by atoms with van der Waals surface area (Å²) >= 11 is 23.8. The van der Waals surface area contributed by atoms with Gasteiger partial charge in [0.2, 0.25) is 0 Å². The second-order valence-corrected chi connectivity index (χ2v) is 4.53. The summed E-state index contributed by atoms with van der Waals surface area (Å²) in [6, 6.07) is 1.49. The first-order chi connectivity index (χ1) is 7.11. The Morgan fingerprint density at radius 3 is 1.87 bits per heavy atom. The molecule has 1 heterocycles. The molecule has 15 heavy (non-hydrogen) atoms. The van der Waals surface area contributed by atoms with E-state index >= 15 is 0 Å². The van der Waals surface area contributed by atoms with E-state index in [-0.39, 0.29) is 0 Å². The van der Waals surface area contributed by atoms with E-state index in [1.54, 1.807) is 0 Å². The van der Waals surface area contributed by atoms with Crippen molar-refractivity contribution >= 4 is 46.4 Å². The predicted molar refractivity (Wildman–Crippen MR) is 61.1 cm³/mol. The third kappa shape index (κ3) is 2.21. The molecule has 0 saturated carbocycles. The van der Waals surface area contributed by atoms with E-state index in [0.717, 1.165) is 0 Å². The highest BCUT2D eigenvalue weighted by Crippen LogP contribution is 2.42. The second-order valence-electron chi connectivity index (χ2n) is 2.96. The molecule has 1 fully saturated rings. The molecule has 0 amide bonds. The molecular formula is C9H6Cl4O2. The average molecular weight is 288 g/mol. The third-order valence-corrected chi connectivity index (χ3v) is 3.61. The van der Waals surface area contributed by atoms with Crippen LogP contribution in [0, 0.1) is 0 Å². The lowest BCUT2D eigenvalue weighted by Gasteiger charge is -2.15. The lowest BCUT2D eigenvalue weighted by Crippen LogP contribution is -2.01. The van der Waals surface area contributed by atoms with E-state index < -0.39 is 6.29 Å². The molecule has 1 saturated heterocycles. The van der Waals surface area contributed by atoms with Gasteiger partial charge in [-0.15, -0.1) is 0 Å². The standard InChI is InChI=1S/C9H6Cl4O2/c10-4-3-5(11)8(13)6(7(4)12)9-14-1-2-15-9/h3,9H,1-2H2. The molecule has 0 aliphatic carbocycles. The van der Waals surface area contributed by atoms with Crippen molar-refractivity contribution < 1.29 is 9.47 Å². The van der Waals surface area contributed by atoms with Crippen molar-refractivity contribution in [1.29, 1.82) is 0 Å². The van der Waals surface area contributed by atoms with Gasteiger partial charge in [-0.3, -0.25) is 0 Å². The Hall–Kier alpha value is 0.300. The Kier molecular flexibility index (Phi) is 3.66. The molecule has 1 aliphatic rings. The predicted octanol–water partition coefficient (Wildman–Crippen LogP) is 4.35. The van der Waals surface area contributed by atoms with Crippen molar-refractivity contribution in [3.63, 3.8) is 0 Å². The summed E-state index contributed by atoms with van der Waals surface area (Å²) in [7, 11) is 0. The van der Waals surface area contributed by atoms with Crippen molar-refractivity contribution in [2.45, 2.75) is 6.29 Å². The normalized spacial score (nSPS) is 17.3. The molecule has 0 N–H and O–H groups in total. The molecule has 0 bridgehead atoms. The molecule has 2 nitrogen and oxygen atoms in total. The van der Waals surface area contributed by atoms with Gasteiger partial charge in [0.15, 0.2) is 6.29 Å². The summed E-state index contributed by atoms with van der Waals surface area (Å²) in [4.78, 5) is 0. The molecule has 1 aromatic rings. The summed E-state index contributed by atoms with van der Waals surface area (Å²) in [5, 5.41) is 1.30. The van der Waals surface area contributed by atoms with E-state index in [9.17, 15) is 0 Å². The Labute approximate surface area is 107 Å². The van der Waals surface area contributed by atoms with Gasteiger partial charge in [0.25, 0.3) is 0 Å². The van der Waals surface area contributed by atoms with Gasteiger partial charge in [0.1, 0.15) is 0 Å². The van der Waals surface area contributed by atoms with E-state index in [1.807, 2.05) is 0 Å². The zero-order chi connectivity index (χ0) is 11.0. The quantitative estimate of drug-likeness (QED) is 0.715. The van der Waals surface area contributed by atoms with Gasteiger partial charge in [-0.25, -0.2) is 0 Å². The molecule has 0 radical (unpaired) electrons.